The van der Waals surface area contributed by atoms with Crippen LogP contribution < -0.4 is 0 Å². The summed E-state index contributed by atoms with van der Waals surface area (Å²) in [5.74, 6) is -0.365. The minimum atomic E-state index is -0.776. The van der Waals surface area contributed by atoms with Crippen LogP contribution in [-0.2, 0) is 14.3 Å². The van der Waals surface area contributed by atoms with Gasteiger partial charge in [-0.25, -0.2) is 0 Å². The Labute approximate surface area is 101 Å². The fourth-order valence-corrected chi connectivity index (χ4v) is 2.68. The molecule has 0 aromatic carbocycles. The largest absolute Gasteiger partial charge is 0.481 e. The summed E-state index contributed by atoms with van der Waals surface area (Å²) in [4.78, 5) is 24.3. The lowest BCUT2D eigenvalue weighted by Crippen LogP contribution is -2.40. The molecule has 2 aliphatic rings. The average molecular weight is 241 g/mol. The average Bonchev–Trinajstić information content (AvgIpc) is 2.69. The SMILES string of the molecule is O=C(O)CCC1CC(=O)N(C2CCOCC2)C1. The van der Waals surface area contributed by atoms with Crippen LogP contribution in [0.3, 0.4) is 0 Å². The van der Waals surface area contributed by atoms with Crippen LogP contribution in [0.4, 0.5) is 0 Å². The lowest BCUT2D eigenvalue weighted by Gasteiger charge is -2.31. The van der Waals surface area contributed by atoms with E-state index >= 15 is 0 Å². The zero-order valence-electron chi connectivity index (χ0n) is 9.93. The van der Waals surface area contributed by atoms with Crippen LogP contribution in [0, 0.1) is 5.92 Å². The van der Waals surface area contributed by atoms with Gasteiger partial charge in [0.2, 0.25) is 5.91 Å². The van der Waals surface area contributed by atoms with Crippen molar-refractivity contribution in [2.24, 2.45) is 5.92 Å². The minimum Gasteiger partial charge on any atom is -0.481 e. The van der Waals surface area contributed by atoms with Gasteiger partial charge in [0.1, 0.15) is 0 Å². The molecule has 0 aromatic rings. The maximum atomic E-state index is 11.9. The first-order valence-corrected chi connectivity index (χ1v) is 6.26. The molecule has 0 aromatic heterocycles. The molecule has 17 heavy (non-hydrogen) atoms. The van der Waals surface area contributed by atoms with Crippen molar-refractivity contribution in [1.82, 2.24) is 4.90 Å². The van der Waals surface area contributed by atoms with Crippen molar-refractivity contribution in [3.8, 4) is 0 Å². The summed E-state index contributed by atoms with van der Waals surface area (Å²) in [7, 11) is 0. The topological polar surface area (TPSA) is 66.8 Å². The first kappa shape index (κ1) is 12.4. The molecule has 1 unspecified atom stereocenters. The number of aliphatic carboxylic acids is 1. The first-order chi connectivity index (χ1) is 8.16. The van der Waals surface area contributed by atoms with E-state index in [1.165, 1.54) is 0 Å². The van der Waals surface area contributed by atoms with Crippen molar-refractivity contribution < 1.29 is 19.4 Å². The molecule has 1 amide bonds. The monoisotopic (exact) mass is 241 g/mol. The molecule has 2 heterocycles. The number of carboxylic acid groups (broad SMARTS) is 1. The van der Waals surface area contributed by atoms with E-state index in [0.717, 1.165) is 32.6 Å². The van der Waals surface area contributed by atoms with Gasteiger partial charge in [0.25, 0.3) is 0 Å². The number of carbonyl (C=O) groups is 2. The summed E-state index contributed by atoms with van der Waals surface area (Å²) >= 11 is 0. The Morgan fingerprint density at radius 1 is 1.41 bits per heavy atom. The van der Waals surface area contributed by atoms with Gasteiger partial charge in [0.05, 0.1) is 0 Å². The van der Waals surface area contributed by atoms with E-state index in [4.69, 9.17) is 9.84 Å². The first-order valence-electron chi connectivity index (χ1n) is 6.26. The highest BCUT2D eigenvalue weighted by Gasteiger charge is 2.34. The van der Waals surface area contributed by atoms with Crippen LogP contribution in [0.15, 0.2) is 0 Å². The molecule has 96 valence electrons. The van der Waals surface area contributed by atoms with Gasteiger partial charge < -0.3 is 14.7 Å². The van der Waals surface area contributed by atoms with E-state index in [0.29, 0.717) is 18.9 Å². The van der Waals surface area contributed by atoms with Crippen LogP contribution in [0.2, 0.25) is 0 Å². The normalized spacial score (nSPS) is 26.5. The van der Waals surface area contributed by atoms with Crippen molar-refractivity contribution >= 4 is 11.9 Å². The van der Waals surface area contributed by atoms with Crippen molar-refractivity contribution in [2.75, 3.05) is 19.8 Å². The van der Waals surface area contributed by atoms with Gasteiger partial charge in [-0.15, -0.1) is 0 Å². The molecular weight excluding hydrogens is 222 g/mol. The second-order valence-electron chi connectivity index (χ2n) is 4.89. The number of ether oxygens (including phenoxy) is 1. The predicted molar refractivity (Wildman–Crippen MR) is 60.5 cm³/mol. The highest BCUT2D eigenvalue weighted by atomic mass is 16.5. The molecule has 0 radical (unpaired) electrons. The van der Waals surface area contributed by atoms with E-state index in [1.807, 2.05) is 4.90 Å². The molecular formula is C12H19NO4. The minimum absolute atomic E-state index is 0.166. The fourth-order valence-electron chi connectivity index (χ4n) is 2.68. The Kier molecular flexibility index (Phi) is 3.99. The molecule has 0 spiro atoms. The quantitative estimate of drug-likeness (QED) is 0.793. The Bertz CT molecular complexity index is 299. The molecule has 5 heteroatoms. The van der Waals surface area contributed by atoms with E-state index in [-0.39, 0.29) is 18.2 Å². The molecule has 2 fully saturated rings. The van der Waals surface area contributed by atoms with Crippen molar-refractivity contribution in [1.29, 1.82) is 0 Å². The Morgan fingerprint density at radius 3 is 2.76 bits per heavy atom. The molecule has 0 aliphatic carbocycles. The maximum absolute atomic E-state index is 11.9. The van der Waals surface area contributed by atoms with Crippen LogP contribution in [0.5, 0.6) is 0 Å². The van der Waals surface area contributed by atoms with Crippen molar-refractivity contribution in [3.63, 3.8) is 0 Å². The van der Waals surface area contributed by atoms with E-state index < -0.39 is 5.97 Å². The zero-order chi connectivity index (χ0) is 12.3. The number of carboxylic acids is 1. The molecule has 0 saturated carbocycles. The van der Waals surface area contributed by atoms with E-state index in [1.54, 1.807) is 0 Å². The number of carbonyl (C=O) groups excluding carboxylic acids is 1. The summed E-state index contributed by atoms with van der Waals surface area (Å²) in [6.45, 7) is 2.19. The van der Waals surface area contributed by atoms with Gasteiger partial charge in [-0.3, -0.25) is 9.59 Å². The summed E-state index contributed by atoms with van der Waals surface area (Å²) in [6.07, 6.45) is 3.12. The summed E-state index contributed by atoms with van der Waals surface area (Å²) < 4.78 is 5.28. The summed E-state index contributed by atoms with van der Waals surface area (Å²) in [6, 6.07) is 0.311. The third-order valence-electron chi connectivity index (χ3n) is 3.64. The zero-order valence-corrected chi connectivity index (χ0v) is 9.93. The third-order valence-corrected chi connectivity index (χ3v) is 3.64. The van der Waals surface area contributed by atoms with Gasteiger partial charge in [-0.1, -0.05) is 0 Å². The van der Waals surface area contributed by atoms with E-state index in [2.05, 4.69) is 0 Å². The Balaban J connectivity index is 1.83. The lowest BCUT2D eigenvalue weighted by atomic mass is 10.0. The molecule has 5 nitrogen and oxygen atoms in total. The summed E-state index contributed by atoms with van der Waals surface area (Å²) in [5, 5.41) is 8.64. The summed E-state index contributed by atoms with van der Waals surface area (Å²) in [5.41, 5.74) is 0. The third kappa shape index (κ3) is 3.19. The standard InChI is InChI=1S/C12H19NO4/c14-11-7-9(1-2-12(15)16)8-13(11)10-3-5-17-6-4-10/h9-10H,1-8H2,(H,15,16). The number of hydrogen-bond donors (Lipinski definition) is 1. The van der Waals surface area contributed by atoms with Crippen LogP contribution in [0.1, 0.15) is 32.1 Å². The molecule has 2 aliphatic heterocycles. The predicted octanol–water partition coefficient (Wildman–Crippen LogP) is 0.879. The number of hydrogen-bond acceptors (Lipinski definition) is 3. The Hall–Kier alpha value is -1.10. The lowest BCUT2D eigenvalue weighted by molar-refractivity contribution is -0.137. The fraction of sp³-hybridized carbons (Fsp3) is 0.833. The smallest absolute Gasteiger partial charge is 0.303 e. The maximum Gasteiger partial charge on any atom is 0.303 e. The van der Waals surface area contributed by atoms with E-state index in [9.17, 15) is 9.59 Å². The van der Waals surface area contributed by atoms with Crippen molar-refractivity contribution in [3.05, 3.63) is 0 Å². The second-order valence-corrected chi connectivity index (χ2v) is 4.89. The number of nitrogens with zero attached hydrogens (tertiary/aromatic N) is 1. The second kappa shape index (κ2) is 5.49. The molecule has 0 bridgehead atoms. The van der Waals surface area contributed by atoms with Crippen LogP contribution in [0.25, 0.3) is 0 Å². The van der Waals surface area contributed by atoms with Gasteiger partial charge in [-0.05, 0) is 25.2 Å². The van der Waals surface area contributed by atoms with Gasteiger partial charge in [-0.2, -0.15) is 0 Å². The number of rotatable bonds is 4. The van der Waals surface area contributed by atoms with Crippen molar-refractivity contribution in [2.45, 2.75) is 38.1 Å². The highest BCUT2D eigenvalue weighted by Crippen LogP contribution is 2.27. The van der Waals surface area contributed by atoms with Crippen LogP contribution in [-0.4, -0.2) is 47.7 Å². The Morgan fingerprint density at radius 2 is 2.12 bits per heavy atom. The number of amides is 1. The van der Waals surface area contributed by atoms with Gasteiger partial charge in [0.15, 0.2) is 0 Å². The molecule has 2 saturated heterocycles. The van der Waals surface area contributed by atoms with Gasteiger partial charge >= 0.3 is 5.97 Å². The number of likely N-dealkylation sites (tertiary alicyclic amines) is 1. The van der Waals surface area contributed by atoms with Gasteiger partial charge in [0, 0.05) is 38.6 Å². The highest BCUT2D eigenvalue weighted by molar-refractivity contribution is 5.79. The van der Waals surface area contributed by atoms with Crippen LogP contribution >= 0.6 is 0 Å². The molecule has 2 rings (SSSR count). The molecule has 1 N–H and O–H groups in total. The molecule has 1 atom stereocenters.